The van der Waals surface area contributed by atoms with Crippen LogP contribution in [0.2, 0.25) is 0 Å². The minimum atomic E-state index is 0.545. The molecule has 0 bridgehead atoms. The Morgan fingerprint density at radius 2 is 2.20 bits per heavy atom. The monoisotopic (exact) mass is 205 g/mol. The number of aromatic nitrogens is 2. The zero-order chi connectivity index (χ0) is 10.3. The number of hydrogen-bond acceptors (Lipinski definition) is 2. The van der Waals surface area contributed by atoms with Crippen LogP contribution in [0.3, 0.4) is 0 Å². The van der Waals surface area contributed by atoms with Gasteiger partial charge in [0.1, 0.15) is 0 Å². The van der Waals surface area contributed by atoms with Gasteiger partial charge in [0.2, 0.25) is 0 Å². The molecule has 82 valence electrons. The van der Waals surface area contributed by atoms with E-state index < -0.39 is 0 Å². The van der Waals surface area contributed by atoms with Crippen LogP contribution in [0.15, 0.2) is 6.07 Å². The van der Waals surface area contributed by atoms with Crippen molar-refractivity contribution in [2.24, 2.45) is 7.05 Å². The largest absolute Gasteiger partial charge is 0.309 e. The summed E-state index contributed by atoms with van der Waals surface area (Å²) in [4.78, 5) is 0. The molecule has 2 heterocycles. The minimum Gasteiger partial charge on any atom is -0.309 e. The topological polar surface area (TPSA) is 29.9 Å². The molecule has 0 spiro atoms. The number of hydrogen-bond donors (Lipinski definition) is 1. The number of nitrogens with one attached hydrogen (secondary N) is 1. The average molecular weight is 205 g/mol. The first-order chi connectivity index (χ1) is 7.34. The van der Waals surface area contributed by atoms with Crippen molar-refractivity contribution < 1.29 is 0 Å². The van der Waals surface area contributed by atoms with Gasteiger partial charge in [-0.15, -0.1) is 0 Å². The van der Waals surface area contributed by atoms with Crippen LogP contribution in [0, 0.1) is 0 Å². The smallest absolute Gasteiger partial charge is 0.0658 e. The summed E-state index contributed by atoms with van der Waals surface area (Å²) in [6.07, 6.45) is 6.62. The Hall–Kier alpha value is -0.830. The average Bonchev–Trinajstić information content (AvgIpc) is 3.04. The Labute approximate surface area is 90.9 Å². The molecule has 1 saturated heterocycles. The summed E-state index contributed by atoms with van der Waals surface area (Å²) >= 11 is 0. The summed E-state index contributed by atoms with van der Waals surface area (Å²) in [5.41, 5.74) is 2.71. The lowest BCUT2D eigenvalue weighted by atomic mass is 10.0. The van der Waals surface area contributed by atoms with Gasteiger partial charge < -0.3 is 5.32 Å². The van der Waals surface area contributed by atoms with Crippen molar-refractivity contribution in [3.8, 4) is 0 Å². The van der Waals surface area contributed by atoms with Crippen molar-refractivity contribution in [3.63, 3.8) is 0 Å². The maximum absolute atomic E-state index is 4.62. The van der Waals surface area contributed by atoms with Crippen molar-refractivity contribution >= 4 is 0 Å². The lowest BCUT2D eigenvalue weighted by Gasteiger charge is -2.23. The van der Waals surface area contributed by atoms with Crippen LogP contribution in [0.25, 0.3) is 0 Å². The minimum absolute atomic E-state index is 0.545. The van der Waals surface area contributed by atoms with Crippen LogP contribution in [0.4, 0.5) is 0 Å². The van der Waals surface area contributed by atoms with Crippen molar-refractivity contribution in [2.75, 3.05) is 6.54 Å². The summed E-state index contributed by atoms with van der Waals surface area (Å²) in [6, 6.07) is 2.87. The SMILES string of the molecule is Cn1nc(C2CC2)cc1C1CCCCN1. The Bertz CT molecular complexity index is 346. The number of piperidine rings is 1. The van der Waals surface area contributed by atoms with Gasteiger partial charge in [-0.3, -0.25) is 4.68 Å². The molecular weight excluding hydrogens is 186 g/mol. The predicted octanol–water partition coefficient (Wildman–Crippen LogP) is 2.11. The fourth-order valence-corrected chi connectivity index (χ4v) is 2.51. The molecule has 1 aliphatic carbocycles. The maximum atomic E-state index is 4.62. The fraction of sp³-hybridized carbons (Fsp3) is 0.750. The van der Waals surface area contributed by atoms with Gasteiger partial charge in [-0.1, -0.05) is 6.42 Å². The van der Waals surface area contributed by atoms with Crippen LogP contribution in [-0.2, 0) is 7.05 Å². The normalized spacial score (nSPS) is 26.9. The van der Waals surface area contributed by atoms with Crippen LogP contribution in [0.1, 0.15) is 55.5 Å². The molecule has 2 aliphatic rings. The highest BCUT2D eigenvalue weighted by atomic mass is 15.3. The Morgan fingerprint density at radius 3 is 2.87 bits per heavy atom. The van der Waals surface area contributed by atoms with E-state index in [2.05, 4.69) is 28.2 Å². The summed E-state index contributed by atoms with van der Waals surface area (Å²) < 4.78 is 2.08. The van der Waals surface area contributed by atoms with Crippen LogP contribution in [0.5, 0.6) is 0 Å². The molecule has 1 aromatic heterocycles. The second-order valence-corrected chi connectivity index (χ2v) is 4.89. The zero-order valence-corrected chi connectivity index (χ0v) is 9.37. The third-order valence-corrected chi connectivity index (χ3v) is 3.60. The van der Waals surface area contributed by atoms with Gasteiger partial charge in [0.25, 0.3) is 0 Å². The van der Waals surface area contributed by atoms with Crippen molar-refractivity contribution in [3.05, 3.63) is 17.5 Å². The van der Waals surface area contributed by atoms with Gasteiger partial charge in [-0.2, -0.15) is 5.10 Å². The molecule has 0 radical (unpaired) electrons. The standard InChI is InChI=1S/C12H19N3/c1-15-12(10-4-2-3-7-13-10)8-11(14-15)9-5-6-9/h8-10,13H,2-7H2,1H3. The quantitative estimate of drug-likeness (QED) is 0.801. The van der Waals surface area contributed by atoms with E-state index in [4.69, 9.17) is 0 Å². The van der Waals surface area contributed by atoms with E-state index in [1.54, 1.807) is 0 Å². The molecule has 2 fully saturated rings. The Balaban J connectivity index is 1.82. The molecule has 1 saturated carbocycles. The molecule has 0 aromatic carbocycles. The van der Waals surface area contributed by atoms with Gasteiger partial charge in [0.15, 0.2) is 0 Å². The van der Waals surface area contributed by atoms with E-state index in [-0.39, 0.29) is 0 Å². The van der Waals surface area contributed by atoms with Crippen LogP contribution in [-0.4, -0.2) is 16.3 Å². The van der Waals surface area contributed by atoms with Crippen molar-refractivity contribution in [2.45, 2.75) is 44.1 Å². The second-order valence-electron chi connectivity index (χ2n) is 4.89. The second kappa shape index (κ2) is 3.63. The van der Waals surface area contributed by atoms with Crippen molar-refractivity contribution in [1.82, 2.24) is 15.1 Å². The van der Waals surface area contributed by atoms with Gasteiger partial charge in [-0.05, 0) is 38.3 Å². The molecule has 3 heteroatoms. The highest BCUT2D eigenvalue weighted by molar-refractivity contribution is 5.21. The summed E-state index contributed by atoms with van der Waals surface area (Å²) in [7, 11) is 2.08. The molecule has 15 heavy (non-hydrogen) atoms. The van der Waals surface area contributed by atoms with Gasteiger partial charge in [0, 0.05) is 19.0 Å². The maximum Gasteiger partial charge on any atom is 0.0658 e. The molecule has 1 aliphatic heterocycles. The lowest BCUT2D eigenvalue weighted by Crippen LogP contribution is -2.28. The molecule has 3 rings (SSSR count). The van der Waals surface area contributed by atoms with Crippen LogP contribution < -0.4 is 5.32 Å². The molecule has 1 unspecified atom stereocenters. The molecule has 1 atom stereocenters. The first kappa shape index (κ1) is 9.40. The number of aryl methyl sites for hydroxylation is 1. The van der Waals surface area contributed by atoms with Gasteiger partial charge >= 0.3 is 0 Å². The van der Waals surface area contributed by atoms with Crippen molar-refractivity contribution in [1.29, 1.82) is 0 Å². The first-order valence-electron chi connectivity index (χ1n) is 6.12. The van der Waals surface area contributed by atoms with E-state index in [0.29, 0.717) is 6.04 Å². The summed E-state index contributed by atoms with van der Waals surface area (Å²) in [5.74, 6) is 0.772. The van der Waals surface area contributed by atoms with E-state index in [1.807, 2.05) is 0 Å². The molecule has 1 N–H and O–H groups in total. The predicted molar refractivity (Wildman–Crippen MR) is 59.8 cm³/mol. The summed E-state index contributed by atoms with van der Waals surface area (Å²) in [6.45, 7) is 1.16. The number of rotatable bonds is 2. The highest BCUT2D eigenvalue weighted by Gasteiger charge is 2.28. The van der Waals surface area contributed by atoms with Gasteiger partial charge in [-0.25, -0.2) is 0 Å². The van der Waals surface area contributed by atoms with E-state index in [9.17, 15) is 0 Å². The van der Waals surface area contributed by atoms with E-state index in [1.165, 1.54) is 43.5 Å². The van der Waals surface area contributed by atoms with E-state index >= 15 is 0 Å². The third-order valence-electron chi connectivity index (χ3n) is 3.60. The molecular formula is C12H19N3. The molecule has 3 nitrogen and oxygen atoms in total. The zero-order valence-electron chi connectivity index (χ0n) is 9.37. The van der Waals surface area contributed by atoms with Gasteiger partial charge in [0.05, 0.1) is 11.4 Å². The Kier molecular flexibility index (Phi) is 2.28. The lowest BCUT2D eigenvalue weighted by molar-refractivity contribution is 0.394. The van der Waals surface area contributed by atoms with E-state index in [0.717, 1.165) is 12.5 Å². The highest BCUT2D eigenvalue weighted by Crippen LogP contribution is 2.40. The fourth-order valence-electron chi connectivity index (χ4n) is 2.51. The number of nitrogens with zero attached hydrogens (tertiary/aromatic N) is 2. The Morgan fingerprint density at radius 1 is 1.33 bits per heavy atom. The summed E-state index contributed by atoms with van der Waals surface area (Å²) in [5, 5.41) is 8.21. The first-order valence-corrected chi connectivity index (χ1v) is 6.12. The third kappa shape index (κ3) is 1.81. The van der Waals surface area contributed by atoms with Crippen LogP contribution >= 0.6 is 0 Å². The molecule has 0 amide bonds. The molecule has 1 aromatic rings.